The summed E-state index contributed by atoms with van der Waals surface area (Å²) in [6.07, 6.45) is 4.01. The van der Waals surface area contributed by atoms with Gasteiger partial charge < -0.3 is 0 Å². The van der Waals surface area contributed by atoms with Crippen molar-refractivity contribution in [3.8, 4) is 0 Å². The number of rotatable bonds is 3. The maximum atomic E-state index is 12.0. The lowest BCUT2D eigenvalue weighted by atomic mass is 9.89. The van der Waals surface area contributed by atoms with Gasteiger partial charge in [0, 0.05) is 17.3 Å². The topological polar surface area (TPSA) is 84.6 Å². The molecular weight excluding hydrogens is 294 g/mol. The zero-order valence-corrected chi connectivity index (χ0v) is 12.4. The molecule has 1 unspecified atom stereocenters. The van der Waals surface area contributed by atoms with Gasteiger partial charge in [-0.2, -0.15) is 5.10 Å². The second-order valence-electron chi connectivity index (χ2n) is 5.24. The number of benzene rings is 1. The summed E-state index contributed by atoms with van der Waals surface area (Å²) >= 11 is 5.71. The van der Waals surface area contributed by atoms with E-state index < -0.39 is 10.8 Å². The van der Waals surface area contributed by atoms with Gasteiger partial charge in [-0.3, -0.25) is 14.9 Å². The van der Waals surface area contributed by atoms with E-state index in [1.807, 2.05) is 0 Å². The molecule has 0 aliphatic heterocycles. The lowest BCUT2D eigenvalue weighted by Crippen LogP contribution is -2.22. The van der Waals surface area contributed by atoms with E-state index in [1.165, 1.54) is 18.6 Å². The van der Waals surface area contributed by atoms with Crippen molar-refractivity contribution in [3.63, 3.8) is 0 Å². The minimum Gasteiger partial charge on any atom is -0.267 e. The zero-order chi connectivity index (χ0) is 15.4. The molecule has 0 heterocycles. The summed E-state index contributed by atoms with van der Waals surface area (Å²) < 4.78 is 0. The molecule has 6 nitrogen and oxygen atoms in total. The molecule has 1 aliphatic carbocycles. The van der Waals surface area contributed by atoms with Crippen molar-refractivity contribution in [2.45, 2.75) is 32.6 Å². The van der Waals surface area contributed by atoms with E-state index in [0.29, 0.717) is 5.92 Å². The number of hydrazone groups is 1. The Bertz CT molecular complexity index is 601. The molecule has 2 rings (SSSR count). The summed E-state index contributed by atoms with van der Waals surface area (Å²) in [5, 5.41) is 14.9. The summed E-state index contributed by atoms with van der Waals surface area (Å²) in [6.45, 7) is 2.15. The third kappa shape index (κ3) is 4.01. The van der Waals surface area contributed by atoms with E-state index in [0.717, 1.165) is 31.0 Å². The Morgan fingerprint density at radius 2 is 2.29 bits per heavy atom. The quantitative estimate of drug-likeness (QED) is 0.684. The highest BCUT2D eigenvalue weighted by molar-refractivity contribution is 6.32. The molecule has 1 atom stereocenters. The summed E-state index contributed by atoms with van der Waals surface area (Å²) in [4.78, 5) is 22.2. The number of nitrogens with zero attached hydrogens (tertiary/aromatic N) is 2. The maximum absolute atomic E-state index is 12.0. The average Bonchev–Trinajstić information content (AvgIpc) is 2.45. The van der Waals surface area contributed by atoms with Crippen LogP contribution < -0.4 is 5.43 Å². The molecule has 1 N–H and O–H groups in total. The Hall–Kier alpha value is -1.95. The Kier molecular flexibility index (Phi) is 4.90. The van der Waals surface area contributed by atoms with Crippen molar-refractivity contribution >= 4 is 28.9 Å². The van der Waals surface area contributed by atoms with Crippen LogP contribution in [0.5, 0.6) is 0 Å². The Morgan fingerprint density at radius 1 is 1.52 bits per heavy atom. The molecule has 1 aromatic carbocycles. The van der Waals surface area contributed by atoms with Crippen LogP contribution in [0, 0.1) is 16.0 Å². The molecule has 1 aromatic rings. The summed E-state index contributed by atoms with van der Waals surface area (Å²) in [6, 6.07) is 3.93. The molecular formula is C14H16ClN3O3. The molecule has 1 saturated carbocycles. The highest BCUT2D eigenvalue weighted by Crippen LogP contribution is 2.25. The fraction of sp³-hybridized carbons (Fsp3) is 0.429. The van der Waals surface area contributed by atoms with E-state index in [2.05, 4.69) is 17.5 Å². The molecule has 0 bridgehead atoms. The van der Waals surface area contributed by atoms with Crippen molar-refractivity contribution < 1.29 is 9.72 Å². The molecule has 0 spiro atoms. The van der Waals surface area contributed by atoms with Gasteiger partial charge >= 0.3 is 0 Å². The molecule has 7 heteroatoms. The number of carbonyl (C=O) groups excluding carboxylic acids is 1. The first-order valence-corrected chi connectivity index (χ1v) is 7.15. The summed E-state index contributed by atoms with van der Waals surface area (Å²) in [5.74, 6) is 0.103. The van der Waals surface area contributed by atoms with Crippen molar-refractivity contribution in [1.29, 1.82) is 0 Å². The van der Waals surface area contributed by atoms with Crippen LogP contribution in [-0.4, -0.2) is 16.5 Å². The minimum absolute atomic E-state index is 0.00368. The summed E-state index contributed by atoms with van der Waals surface area (Å²) in [5.41, 5.74) is 3.30. The molecule has 1 aliphatic rings. The number of hydrogen-bond acceptors (Lipinski definition) is 4. The Labute approximate surface area is 127 Å². The van der Waals surface area contributed by atoms with E-state index in [1.54, 1.807) is 0 Å². The largest absolute Gasteiger partial charge is 0.288 e. The highest BCUT2D eigenvalue weighted by Gasteiger charge is 2.17. The van der Waals surface area contributed by atoms with Crippen molar-refractivity contribution in [1.82, 2.24) is 5.43 Å². The van der Waals surface area contributed by atoms with Gasteiger partial charge in [0.05, 0.1) is 4.92 Å². The molecule has 1 fully saturated rings. The second kappa shape index (κ2) is 6.67. The third-order valence-corrected chi connectivity index (χ3v) is 3.79. The fourth-order valence-electron chi connectivity index (χ4n) is 2.35. The number of hydrogen-bond donors (Lipinski definition) is 1. The monoisotopic (exact) mass is 309 g/mol. The van der Waals surface area contributed by atoms with Crippen LogP contribution in [0.4, 0.5) is 5.69 Å². The van der Waals surface area contributed by atoms with Gasteiger partial charge in [-0.05, 0) is 43.7 Å². The molecule has 0 saturated heterocycles. The number of amides is 1. The van der Waals surface area contributed by atoms with Crippen LogP contribution in [0.15, 0.2) is 23.3 Å². The van der Waals surface area contributed by atoms with Crippen LogP contribution in [0.2, 0.25) is 5.02 Å². The molecule has 112 valence electrons. The van der Waals surface area contributed by atoms with Gasteiger partial charge in [-0.25, -0.2) is 5.43 Å². The van der Waals surface area contributed by atoms with Gasteiger partial charge in [-0.1, -0.05) is 18.5 Å². The lowest BCUT2D eigenvalue weighted by Gasteiger charge is -2.18. The van der Waals surface area contributed by atoms with Gasteiger partial charge in [0.25, 0.3) is 11.6 Å². The number of nitro benzene ring substituents is 1. The zero-order valence-electron chi connectivity index (χ0n) is 11.6. The first kappa shape index (κ1) is 15.4. The van der Waals surface area contributed by atoms with E-state index in [9.17, 15) is 14.9 Å². The van der Waals surface area contributed by atoms with Crippen molar-refractivity contribution in [2.24, 2.45) is 11.0 Å². The van der Waals surface area contributed by atoms with Crippen molar-refractivity contribution in [3.05, 3.63) is 38.9 Å². The molecule has 1 amide bonds. The molecule has 0 aromatic heterocycles. The first-order chi connectivity index (χ1) is 9.97. The molecule has 0 radical (unpaired) electrons. The van der Waals surface area contributed by atoms with Gasteiger partial charge in [-0.15, -0.1) is 0 Å². The van der Waals surface area contributed by atoms with Crippen LogP contribution in [-0.2, 0) is 0 Å². The Balaban J connectivity index is 2.08. The fourth-order valence-corrected chi connectivity index (χ4v) is 2.54. The van der Waals surface area contributed by atoms with Gasteiger partial charge in [0.2, 0.25) is 0 Å². The minimum atomic E-state index is -0.617. The molecule has 21 heavy (non-hydrogen) atoms. The Morgan fingerprint density at radius 3 is 2.95 bits per heavy atom. The summed E-state index contributed by atoms with van der Waals surface area (Å²) in [7, 11) is 0. The third-order valence-electron chi connectivity index (χ3n) is 3.47. The SMILES string of the molecule is CC1CCC/C(=N/NC(=O)c2ccc(Cl)c([N+](=O)[O-])c2)C1. The van der Waals surface area contributed by atoms with Crippen LogP contribution in [0.1, 0.15) is 43.0 Å². The maximum Gasteiger partial charge on any atom is 0.288 e. The van der Waals surface area contributed by atoms with Gasteiger partial charge in [0.1, 0.15) is 5.02 Å². The van der Waals surface area contributed by atoms with Crippen LogP contribution >= 0.6 is 11.6 Å². The van der Waals surface area contributed by atoms with Crippen molar-refractivity contribution in [2.75, 3.05) is 0 Å². The predicted molar refractivity (Wildman–Crippen MR) is 80.6 cm³/mol. The highest BCUT2D eigenvalue weighted by atomic mass is 35.5. The average molecular weight is 310 g/mol. The number of carbonyl (C=O) groups is 1. The van der Waals surface area contributed by atoms with Crippen LogP contribution in [0.25, 0.3) is 0 Å². The second-order valence-corrected chi connectivity index (χ2v) is 5.65. The normalized spacial score (nSPS) is 20.3. The van der Waals surface area contributed by atoms with Crippen LogP contribution in [0.3, 0.4) is 0 Å². The number of nitrogens with one attached hydrogen (secondary N) is 1. The standard InChI is InChI=1S/C14H16ClN3O3/c1-9-3-2-4-11(7-9)16-17-14(19)10-5-6-12(15)13(8-10)18(20)21/h5-6,8-9H,2-4,7H2,1H3,(H,17,19)/b16-11-. The predicted octanol–water partition coefficient (Wildman–Crippen LogP) is 3.54. The van der Waals surface area contributed by atoms with E-state index in [-0.39, 0.29) is 16.3 Å². The number of halogens is 1. The lowest BCUT2D eigenvalue weighted by molar-refractivity contribution is -0.384. The van der Waals surface area contributed by atoms with Gasteiger partial charge in [0.15, 0.2) is 0 Å². The van der Waals surface area contributed by atoms with E-state index in [4.69, 9.17) is 11.6 Å². The van der Waals surface area contributed by atoms with E-state index >= 15 is 0 Å². The number of nitro groups is 1. The first-order valence-electron chi connectivity index (χ1n) is 6.77. The smallest absolute Gasteiger partial charge is 0.267 e.